The summed E-state index contributed by atoms with van der Waals surface area (Å²) in [5.74, 6) is -0.446. The Morgan fingerprint density at radius 1 is 1.33 bits per heavy atom. The Labute approximate surface area is 124 Å². The molecule has 0 saturated carbocycles. The van der Waals surface area contributed by atoms with E-state index >= 15 is 0 Å². The highest BCUT2D eigenvalue weighted by Crippen LogP contribution is 2.33. The number of urea groups is 1. The third-order valence-electron chi connectivity index (χ3n) is 3.78. The highest BCUT2D eigenvalue weighted by Gasteiger charge is 2.26. The molecular weight excluding hydrogens is 268 g/mol. The fourth-order valence-corrected chi connectivity index (χ4v) is 2.66. The Kier molecular flexibility index (Phi) is 4.83. The molecule has 0 aromatic heterocycles. The highest BCUT2D eigenvalue weighted by atomic mass is 16.4. The number of carboxylic acid groups (broad SMARTS) is 1. The summed E-state index contributed by atoms with van der Waals surface area (Å²) in [5, 5.41) is 14.4. The van der Waals surface area contributed by atoms with Crippen molar-refractivity contribution < 1.29 is 14.7 Å². The van der Waals surface area contributed by atoms with Gasteiger partial charge in [0.1, 0.15) is 6.04 Å². The molecule has 0 bridgehead atoms. The standard InChI is InChI=1S/C16H22N2O3/c1-10(2)7-14(15(19)20)18-16(21)17-9-12-8-11-5-3-4-6-13(11)12/h3-6,10,12,14H,7-9H2,1-2H3,(H,19,20)(H2,17,18,21). The maximum absolute atomic E-state index is 11.8. The third kappa shape index (κ3) is 3.97. The van der Waals surface area contributed by atoms with Crippen LogP contribution in [0.1, 0.15) is 37.3 Å². The number of hydrogen-bond acceptors (Lipinski definition) is 2. The summed E-state index contributed by atoms with van der Waals surface area (Å²) < 4.78 is 0. The van der Waals surface area contributed by atoms with Gasteiger partial charge in [0.05, 0.1) is 0 Å². The molecule has 5 nitrogen and oxygen atoms in total. The van der Waals surface area contributed by atoms with E-state index in [0.29, 0.717) is 18.9 Å². The van der Waals surface area contributed by atoms with Gasteiger partial charge in [-0.1, -0.05) is 38.1 Å². The summed E-state index contributed by atoms with van der Waals surface area (Å²) >= 11 is 0. The van der Waals surface area contributed by atoms with Gasteiger partial charge < -0.3 is 15.7 Å². The molecule has 114 valence electrons. The van der Waals surface area contributed by atoms with Crippen molar-refractivity contribution >= 4 is 12.0 Å². The Morgan fingerprint density at radius 2 is 2.05 bits per heavy atom. The van der Waals surface area contributed by atoms with E-state index in [9.17, 15) is 9.59 Å². The summed E-state index contributed by atoms with van der Waals surface area (Å²) in [5.41, 5.74) is 2.60. The quantitative estimate of drug-likeness (QED) is 0.751. The van der Waals surface area contributed by atoms with E-state index in [0.717, 1.165) is 6.42 Å². The van der Waals surface area contributed by atoms with Crippen LogP contribution in [0, 0.1) is 5.92 Å². The van der Waals surface area contributed by atoms with E-state index in [1.807, 2.05) is 26.0 Å². The molecule has 0 spiro atoms. The Morgan fingerprint density at radius 3 is 2.67 bits per heavy atom. The van der Waals surface area contributed by atoms with Crippen LogP contribution in [0.25, 0.3) is 0 Å². The normalized spacial score (nSPS) is 17.6. The van der Waals surface area contributed by atoms with Crippen molar-refractivity contribution in [2.45, 2.75) is 38.6 Å². The summed E-state index contributed by atoms with van der Waals surface area (Å²) in [4.78, 5) is 22.9. The molecule has 0 aliphatic heterocycles. The number of benzene rings is 1. The molecule has 0 radical (unpaired) electrons. The van der Waals surface area contributed by atoms with Gasteiger partial charge in [-0.25, -0.2) is 9.59 Å². The first kappa shape index (κ1) is 15.4. The zero-order chi connectivity index (χ0) is 15.4. The molecule has 2 amide bonds. The zero-order valence-corrected chi connectivity index (χ0v) is 12.4. The molecule has 3 N–H and O–H groups in total. The van der Waals surface area contributed by atoms with Crippen LogP contribution in [0.15, 0.2) is 24.3 Å². The Balaban J connectivity index is 1.79. The molecule has 0 fully saturated rings. The van der Waals surface area contributed by atoms with E-state index < -0.39 is 18.0 Å². The van der Waals surface area contributed by atoms with Crippen molar-refractivity contribution in [2.24, 2.45) is 5.92 Å². The van der Waals surface area contributed by atoms with Gasteiger partial charge >= 0.3 is 12.0 Å². The summed E-state index contributed by atoms with van der Waals surface area (Å²) in [6, 6.07) is 6.93. The van der Waals surface area contributed by atoms with Crippen LogP contribution >= 0.6 is 0 Å². The third-order valence-corrected chi connectivity index (χ3v) is 3.78. The minimum atomic E-state index is -0.993. The molecule has 21 heavy (non-hydrogen) atoms. The molecule has 0 heterocycles. The SMILES string of the molecule is CC(C)CC(NC(=O)NCC1Cc2ccccc21)C(=O)O. The molecule has 5 heteroatoms. The Hall–Kier alpha value is -2.04. The van der Waals surface area contributed by atoms with Gasteiger partial charge in [-0.3, -0.25) is 0 Å². The summed E-state index contributed by atoms with van der Waals surface area (Å²) in [7, 11) is 0. The molecular formula is C16H22N2O3. The maximum atomic E-state index is 11.8. The van der Waals surface area contributed by atoms with Gasteiger partial charge in [0.2, 0.25) is 0 Å². The van der Waals surface area contributed by atoms with Gasteiger partial charge in [0, 0.05) is 12.5 Å². The average Bonchev–Trinajstić information content (AvgIpc) is 2.38. The average molecular weight is 290 g/mol. The minimum Gasteiger partial charge on any atom is -0.480 e. The maximum Gasteiger partial charge on any atom is 0.326 e. The van der Waals surface area contributed by atoms with Gasteiger partial charge in [0.25, 0.3) is 0 Å². The zero-order valence-electron chi connectivity index (χ0n) is 12.4. The molecule has 1 aliphatic rings. The van der Waals surface area contributed by atoms with Gasteiger partial charge in [-0.15, -0.1) is 0 Å². The monoisotopic (exact) mass is 290 g/mol. The van der Waals surface area contributed by atoms with E-state index in [1.54, 1.807) is 0 Å². The van der Waals surface area contributed by atoms with E-state index in [4.69, 9.17) is 5.11 Å². The number of carbonyl (C=O) groups excluding carboxylic acids is 1. The lowest BCUT2D eigenvalue weighted by molar-refractivity contribution is -0.139. The topological polar surface area (TPSA) is 78.4 Å². The number of carboxylic acids is 1. The largest absolute Gasteiger partial charge is 0.480 e. The number of aliphatic carboxylic acids is 1. The number of hydrogen-bond donors (Lipinski definition) is 3. The van der Waals surface area contributed by atoms with Crippen LogP contribution in [-0.4, -0.2) is 29.7 Å². The number of amides is 2. The molecule has 1 aliphatic carbocycles. The van der Waals surface area contributed by atoms with Crippen LogP contribution in [0.2, 0.25) is 0 Å². The second-order valence-electron chi connectivity index (χ2n) is 5.97. The smallest absolute Gasteiger partial charge is 0.326 e. The van der Waals surface area contributed by atoms with Gasteiger partial charge in [-0.2, -0.15) is 0 Å². The lowest BCUT2D eigenvalue weighted by Crippen LogP contribution is -2.48. The number of rotatable bonds is 6. The van der Waals surface area contributed by atoms with Crippen LogP contribution in [0.5, 0.6) is 0 Å². The highest BCUT2D eigenvalue weighted by molar-refractivity contribution is 5.82. The van der Waals surface area contributed by atoms with Crippen LogP contribution < -0.4 is 10.6 Å². The molecule has 1 aromatic rings. The van der Waals surface area contributed by atoms with Crippen LogP contribution in [-0.2, 0) is 11.2 Å². The van der Waals surface area contributed by atoms with Gasteiger partial charge in [-0.05, 0) is 29.9 Å². The van der Waals surface area contributed by atoms with Crippen LogP contribution in [0.4, 0.5) is 4.79 Å². The first-order chi connectivity index (χ1) is 9.97. The molecule has 2 atom stereocenters. The van der Waals surface area contributed by atoms with Crippen molar-refractivity contribution in [2.75, 3.05) is 6.54 Å². The molecule has 1 aromatic carbocycles. The number of nitrogens with one attached hydrogen (secondary N) is 2. The lowest BCUT2D eigenvalue weighted by Gasteiger charge is -2.30. The van der Waals surface area contributed by atoms with Crippen molar-refractivity contribution in [1.82, 2.24) is 10.6 Å². The first-order valence-electron chi connectivity index (χ1n) is 7.32. The second-order valence-corrected chi connectivity index (χ2v) is 5.97. The predicted octanol–water partition coefficient (Wildman–Crippen LogP) is 2.12. The second kappa shape index (κ2) is 6.61. The van der Waals surface area contributed by atoms with Crippen molar-refractivity contribution in [3.8, 4) is 0 Å². The van der Waals surface area contributed by atoms with E-state index in [2.05, 4.69) is 22.8 Å². The summed E-state index contributed by atoms with van der Waals surface area (Å²) in [6.45, 7) is 4.40. The minimum absolute atomic E-state index is 0.213. The fourth-order valence-electron chi connectivity index (χ4n) is 2.66. The first-order valence-corrected chi connectivity index (χ1v) is 7.32. The van der Waals surface area contributed by atoms with Crippen molar-refractivity contribution in [3.05, 3.63) is 35.4 Å². The molecule has 2 rings (SSSR count). The van der Waals surface area contributed by atoms with Crippen LogP contribution in [0.3, 0.4) is 0 Å². The summed E-state index contributed by atoms with van der Waals surface area (Å²) in [6.07, 6.45) is 1.39. The molecule has 2 unspecified atom stereocenters. The predicted molar refractivity (Wildman–Crippen MR) is 80.3 cm³/mol. The van der Waals surface area contributed by atoms with E-state index in [1.165, 1.54) is 11.1 Å². The fraction of sp³-hybridized carbons (Fsp3) is 0.500. The van der Waals surface area contributed by atoms with E-state index in [-0.39, 0.29) is 5.92 Å². The molecule has 0 saturated heterocycles. The van der Waals surface area contributed by atoms with Gasteiger partial charge in [0.15, 0.2) is 0 Å². The van der Waals surface area contributed by atoms with Crippen molar-refractivity contribution in [3.63, 3.8) is 0 Å². The van der Waals surface area contributed by atoms with Crippen molar-refractivity contribution in [1.29, 1.82) is 0 Å². The number of carbonyl (C=O) groups is 2. The lowest BCUT2D eigenvalue weighted by atomic mass is 9.78. The number of fused-ring (bicyclic) bond motifs is 1. The Bertz CT molecular complexity index is 528.